The molecule has 0 aliphatic carbocycles. The lowest BCUT2D eigenvalue weighted by molar-refractivity contribution is -0.0328. The van der Waals surface area contributed by atoms with Gasteiger partial charge in [-0.15, -0.1) is 5.10 Å². The van der Waals surface area contributed by atoms with Crippen molar-refractivity contribution < 1.29 is 26.7 Å². The quantitative estimate of drug-likeness (QED) is 0.458. The summed E-state index contributed by atoms with van der Waals surface area (Å²) < 4.78 is 65.9. The summed E-state index contributed by atoms with van der Waals surface area (Å²) in [6.45, 7) is 0. The molecule has 1 aromatic heterocycles. The first-order valence-corrected chi connectivity index (χ1v) is 8.51. The molecule has 0 radical (unpaired) electrons. The van der Waals surface area contributed by atoms with Crippen molar-refractivity contribution in [1.29, 1.82) is 0 Å². The van der Waals surface area contributed by atoms with Crippen LogP contribution in [0.1, 0.15) is 21.8 Å². The Morgan fingerprint density at radius 1 is 1.38 bits per heavy atom. The monoisotopic (exact) mass is 467 g/mol. The van der Waals surface area contributed by atoms with E-state index in [1.165, 1.54) is 0 Å². The van der Waals surface area contributed by atoms with Gasteiger partial charge in [0.25, 0.3) is 12.3 Å². The molecule has 13 heteroatoms. The highest BCUT2D eigenvalue weighted by molar-refractivity contribution is 9.10. The number of hydrogen-bond acceptors (Lipinski definition) is 5. The molecule has 24 heavy (non-hydrogen) atoms. The van der Waals surface area contributed by atoms with Crippen molar-refractivity contribution in [3.05, 3.63) is 32.2 Å². The standard InChI is InChI=1S/C11H4BrClF5N3OS2/c12-4-1-3(23-11(16,17)18)2-5(13)6(4)19-10(22)8-7(9(14)15)20-21-24-8/h1-2,9H,(H,19,22). The van der Waals surface area contributed by atoms with E-state index in [-0.39, 0.29) is 31.8 Å². The molecular formula is C11H4BrClF5N3OS2. The minimum Gasteiger partial charge on any atom is -0.319 e. The predicted molar refractivity (Wildman–Crippen MR) is 83.9 cm³/mol. The number of anilines is 1. The molecule has 0 fully saturated rings. The first-order chi connectivity index (χ1) is 11.1. The van der Waals surface area contributed by atoms with Crippen LogP contribution < -0.4 is 5.32 Å². The fourth-order valence-electron chi connectivity index (χ4n) is 1.53. The van der Waals surface area contributed by atoms with E-state index in [1.54, 1.807) is 0 Å². The van der Waals surface area contributed by atoms with Gasteiger partial charge in [0.05, 0.1) is 10.7 Å². The zero-order valence-corrected chi connectivity index (χ0v) is 15.0. The number of rotatable bonds is 4. The average molecular weight is 469 g/mol. The lowest BCUT2D eigenvalue weighted by Gasteiger charge is -2.12. The van der Waals surface area contributed by atoms with Crippen molar-refractivity contribution in [3.8, 4) is 0 Å². The van der Waals surface area contributed by atoms with Crippen LogP contribution in [-0.2, 0) is 0 Å². The number of benzene rings is 1. The van der Waals surface area contributed by atoms with Crippen LogP contribution in [0.3, 0.4) is 0 Å². The summed E-state index contributed by atoms with van der Waals surface area (Å²) in [5.74, 6) is -0.945. The highest BCUT2D eigenvalue weighted by atomic mass is 79.9. The third kappa shape index (κ3) is 4.77. The number of alkyl halides is 5. The largest absolute Gasteiger partial charge is 0.446 e. The van der Waals surface area contributed by atoms with E-state index in [0.717, 1.165) is 12.1 Å². The van der Waals surface area contributed by atoms with Gasteiger partial charge in [0, 0.05) is 9.37 Å². The maximum Gasteiger partial charge on any atom is 0.446 e. The average Bonchev–Trinajstić information content (AvgIpc) is 2.90. The molecular weight excluding hydrogens is 465 g/mol. The van der Waals surface area contributed by atoms with Gasteiger partial charge in [0.1, 0.15) is 4.88 Å². The summed E-state index contributed by atoms with van der Waals surface area (Å²) in [7, 11) is 0. The van der Waals surface area contributed by atoms with Crippen LogP contribution >= 0.6 is 50.8 Å². The van der Waals surface area contributed by atoms with Crippen LogP contribution in [0.4, 0.5) is 27.6 Å². The maximum atomic E-state index is 12.7. The predicted octanol–water partition coefficient (Wildman–Crippen LogP) is 5.76. The SMILES string of the molecule is O=C(Nc1c(Cl)cc(SC(F)(F)F)cc1Br)c1snnc1C(F)F. The summed E-state index contributed by atoms with van der Waals surface area (Å²) in [4.78, 5) is 11.4. The number of hydrogen-bond donors (Lipinski definition) is 1. The van der Waals surface area contributed by atoms with E-state index < -0.39 is 28.4 Å². The molecule has 0 aliphatic rings. The molecule has 0 spiro atoms. The van der Waals surface area contributed by atoms with Gasteiger partial charge in [0.2, 0.25) is 0 Å². The minimum absolute atomic E-state index is 0.0539. The Morgan fingerprint density at radius 2 is 2.04 bits per heavy atom. The van der Waals surface area contributed by atoms with E-state index in [4.69, 9.17) is 11.6 Å². The van der Waals surface area contributed by atoms with Crippen LogP contribution in [-0.4, -0.2) is 21.0 Å². The van der Waals surface area contributed by atoms with Crippen molar-refractivity contribution in [3.63, 3.8) is 0 Å². The van der Waals surface area contributed by atoms with E-state index >= 15 is 0 Å². The van der Waals surface area contributed by atoms with Gasteiger partial charge in [-0.1, -0.05) is 16.1 Å². The Morgan fingerprint density at radius 3 is 2.58 bits per heavy atom. The smallest absolute Gasteiger partial charge is 0.319 e. The summed E-state index contributed by atoms with van der Waals surface area (Å²) in [6.07, 6.45) is -2.99. The van der Waals surface area contributed by atoms with Crippen molar-refractivity contribution in [2.24, 2.45) is 0 Å². The maximum absolute atomic E-state index is 12.7. The highest BCUT2D eigenvalue weighted by Gasteiger charge is 2.30. The second-order valence-corrected chi connectivity index (χ2v) is 7.21. The van der Waals surface area contributed by atoms with E-state index in [0.29, 0.717) is 11.5 Å². The van der Waals surface area contributed by atoms with E-state index in [2.05, 4.69) is 30.8 Å². The van der Waals surface area contributed by atoms with Crippen LogP contribution in [0.15, 0.2) is 21.5 Å². The minimum atomic E-state index is -4.51. The Labute approximate surface area is 153 Å². The molecule has 2 aromatic rings. The Kier molecular flexibility index (Phi) is 6.04. The number of carbonyl (C=O) groups excluding carboxylic acids is 1. The Bertz CT molecular complexity index is 747. The summed E-state index contributed by atoms with van der Waals surface area (Å²) in [5.41, 5.74) is -5.34. The van der Waals surface area contributed by atoms with Gasteiger partial charge in [0.15, 0.2) is 5.69 Å². The molecule has 0 aliphatic heterocycles. The molecule has 0 saturated heterocycles. The number of halogens is 7. The lowest BCUT2D eigenvalue weighted by Crippen LogP contribution is -2.13. The van der Waals surface area contributed by atoms with Gasteiger partial charge in [-0.2, -0.15) is 13.2 Å². The fraction of sp³-hybridized carbons (Fsp3) is 0.182. The molecule has 0 saturated carbocycles. The first-order valence-electron chi connectivity index (χ1n) is 5.75. The zero-order valence-electron chi connectivity index (χ0n) is 11.0. The highest BCUT2D eigenvalue weighted by Crippen LogP contribution is 2.42. The van der Waals surface area contributed by atoms with Gasteiger partial charge in [-0.05, 0) is 51.4 Å². The van der Waals surface area contributed by atoms with Crippen LogP contribution in [0.25, 0.3) is 0 Å². The van der Waals surface area contributed by atoms with Crippen molar-refractivity contribution in [2.45, 2.75) is 16.8 Å². The number of aromatic nitrogens is 2. The van der Waals surface area contributed by atoms with Gasteiger partial charge < -0.3 is 5.32 Å². The van der Waals surface area contributed by atoms with Crippen molar-refractivity contribution >= 4 is 62.4 Å². The normalized spacial score (nSPS) is 11.8. The van der Waals surface area contributed by atoms with Crippen molar-refractivity contribution in [1.82, 2.24) is 9.59 Å². The molecule has 4 nitrogen and oxygen atoms in total. The molecule has 130 valence electrons. The fourth-order valence-corrected chi connectivity index (χ4v) is 3.87. The number of nitrogens with one attached hydrogen (secondary N) is 1. The van der Waals surface area contributed by atoms with Crippen LogP contribution in [0, 0.1) is 0 Å². The third-order valence-corrected chi connectivity index (χ3v) is 4.78. The molecule has 1 amide bonds. The molecule has 1 N–H and O–H groups in total. The van der Waals surface area contributed by atoms with Gasteiger partial charge in [-0.25, -0.2) is 8.78 Å². The molecule has 1 aromatic carbocycles. The molecule has 0 bridgehead atoms. The zero-order chi connectivity index (χ0) is 18.1. The Hall–Kier alpha value is -0.980. The van der Waals surface area contributed by atoms with Crippen LogP contribution in [0.5, 0.6) is 0 Å². The van der Waals surface area contributed by atoms with E-state index in [9.17, 15) is 26.7 Å². The number of nitrogens with zero attached hydrogens (tertiary/aromatic N) is 2. The number of carbonyl (C=O) groups is 1. The lowest BCUT2D eigenvalue weighted by atomic mass is 10.3. The molecule has 1 heterocycles. The van der Waals surface area contributed by atoms with Gasteiger partial charge in [-0.3, -0.25) is 4.79 Å². The van der Waals surface area contributed by atoms with E-state index in [1.807, 2.05) is 0 Å². The summed E-state index contributed by atoms with van der Waals surface area (Å²) >= 11 is 8.94. The third-order valence-electron chi connectivity index (χ3n) is 2.41. The topological polar surface area (TPSA) is 54.9 Å². The molecule has 0 unspecified atom stereocenters. The Balaban J connectivity index is 2.27. The second-order valence-electron chi connectivity index (χ2n) is 4.05. The van der Waals surface area contributed by atoms with Crippen molar-refractivity contribution in [2.75, 3.05) is 5.32 Å². The second kappa shape index (κ2) is 7.50. The molecule has 2 rings (SSSR count). The van der Waals surface area contributed by atoms with Gasteiger partial charge >= 0.3 is 5.51 Å². The number of thioether (sulfide) groups is 1. The molecule has 0 atom stereocenters. The first kappa shape index (κ1) is 19.3. The summed E-state index contributed by atoms with van der Waals surface area (Å²) in [6, 6.07) is 2.09. The summed E-state index contributed by atoms with van der Waals surface area (Å²) in [5, 5.41) is 5.22. The van der Waals surface area contributed by atoms with Crippen LogP contribution in [0.2, 0.25) is 5.02 Å². The number of amides is 1.